The number of nitrogens with zero attached hydrogens (tertiary/aromatic N) is 2. The molecule has 0 saturated heterocycles. The van der Waals surface area contributed by atoms with E-state index in [9.17, 15) is 4.79 Å². The zero-order valence-corrected chi connectivity index (χ0v) is 13.8. The Balaban J connectivity index is 1.41. The molecule has 0 aliphatic rings. The second-order valence-electron chi connectivity index (χ2n) is 5.84. The van der Waals surface area contributed by atoms with Crippen LogP contribution in [0, 0.1) is 0 Å². The Morgan fingerprint density at radius 3 is 3.04 bits per heavy atom. The van der Waals surface area contributed by atoms with Crippen molar-refractivity contribution in [3.05, 3.63) is 66.2 Å². The number of hydrogen-bond acceptors (Lipinski definition) is 3. The van der Waals surface area contributed by atoms with Crippen molar-refractivity contribution in [1.82, 2.24) is 19.7 Å². The Labute approximate surface area is 144 Å². The summed E-state index contributed by atoms with van der Waals surface area (Å²) in [6.45, 7) is 0.529. The van der Waals surface area contributed by atoms with Gasteiger partial charge in [0, 0.05) is 36.3 Å². The molecule has 0 aliphatic heterocycles. The number of benzene rings is 1. The predicted molar refractivity (Wildman–Crippen MR) is 96.1 cm³/mol. The molecule has 0 unspecified atom stereocenters. The minimum Gasteiger partial charge on any atom is -0.497 e. The molecule has 1 aromatic carbocycles. The van der Waals surface area contributed by atoms with E-state index in [0.717, 1.165) is 28.0 Å². The first-order chi connectivity index (χ1) is 12.2. The number of carbonyl (C=O) groups excluding carboxylic acids is 1. The number of fused-ring (bicyclic) bond motifs is 2. The Morgan fingerprint density at radius 2 is 2.20 bits per heavy atom. The third kappa shape index (κ3) is 3.06. The molecule has 2 N–H and O–H groups in total. The largest absolute Gasteiger partial charge is 0.497 e. The summed E-state index contributed by atoms with van der Waals surface area (Å²) in [5.41, 5.74) is 3.31. The average molecular weight is 334 g/mol. The summed E-state index contributed by atoms with van der Waals surface area (Å²) >= 11 is 0. The third-order valence-electron chi connectivity index (χ3n) is 4.15. The van der Waals surface area contributed by atoms with Crippen molar-refractivity contribution in [2.24, 2.45) is 0 Å². The van der Waals surface area contributed by atoms with Gasteiger partial charge in [0.2, 0.25) is 0 Å². The summed E-state index contributed by atoms with van der Waals surface area (Å²) in [6.07, 6.45) is 4.63. The molecule has 0 atom stereocenters. The number of imidazole rings is 1. The van der Waals surface area contributed by atoms with Crippen LogP contribution in [-0.4, -0.2) is 33.9 Å². The van der Waals surface area contributed by atoms with Crippen molar-refractivity contribution in [3.63, 3.8) is 0 Å². The molecule has 4 rings (SSSR count). The highest BCUT2D eigenvalue weighted by atomic mass is 16.5. The number of pyridine rings is 1. The van der Waals surface area contributed by atoms with Crippen molar-refractivity contribution in [2.45, 2.75) is 6.42 Å². The van der Waals surface area contributed by atoms with Gasteiger partial charge in [-0.1, -0.05) is 6.07 Å². The van der Waals surface area contributed by atoms with E-state index in [-0.39, 0.29) is 5.91 Å². The maximum Gasteiger partial charge on any atom is 0.267 e. The van der Waals surface area contributed by atoms with Crippen molar-refractivity contribution in [1.29, 1.82) is 0 Å². The van der Waals surface area contributed by atoms with Crippen LogP contribution < -0.4 is 10.1 Å². The Morgan fingerprint density at radius 1 is 1.28 bits per heavy atom. The van der Waals surface area contributed by atoms with Gasteiger partial charge in [-0.05, 0) is 36.4 Å². The van der Waals surface area contributed by atoms with Crippen LogP contribution >= 0.6 is 0 Å². The molecule has 0 aliphatic carbocycles. The standard InChI is InChI=1S/C19H18N4O2/c1-25-15-5-6-16-13(10-15)11-17(22-16)19(24)20-8-7-14-12-23-9-3-2-4-18(23)21-14/h2-6,9-12,22H,7-8H2,1H3,(H,20,24). The van der Waals surface area contributed by atoms with E-state index in [1.54, 1.807) is 7.11 Å². The van der Waals surface area contributed by atoms with Crippen molar-refractivity contribution < 1.29 is 9.53 Å². The highest BCUT2D eigenvalue weighted by Crippen LogP contribution is 2.21. The minimum atomic E-state index is -0.126. The zero-order valence-electron chi connectivity index (χ0n) is 13.8. The van der Waals surface area contributed by atoms with E-state index in [1.807, 2.05) is 59.3 Å². The van der Waals surface area contributed by atoms with Gasteiger partial charge < -0.3 is 19.4 Å². The van der Waals surface area contributed by atoms with Gasteiger partial charge in [-0.2, -0.15) is 0 Å². The second-order valence-corrected chi connectivity index (χ2v) is 5.84. The van der Waals surface area contributed by atoms with Gasteiger partial charge in [-0.25, -0.2) is 4.98 Å². The Bertz CT molecular complexity index is 1010. The molecule has 0 saturated carbocycles. The zero-order chi connectivity index (χ0) is 17.2. The quantitative estimate of drug-likeness (QED) is 0.589. The van der Waals surface area contributed by atoms with Gasteiger partial charge in [-0.3, -0.25) is 4.79 Å². The van der Waals surface area contributed by atoms with Gasteiger partial charge in [-0.15, -0.1) is 0 Å². The summed E-state index contributed by atoms with van der Waals surface area (Å²) < 4.78 is 7.18. The van der Waals surface area contributed by atoms with Gasteiger partial charge in [0.15, 0.2) is 0 Å². The molecule has 6 nitrogen and oxygen atoms in total. The molecule has 0 fully saturated rings. The number of ether oxygens (including phenoxy) is 1. The van der Waals surface area contributed by atoms with Crippen LogP contribution in [0.4, 0.5) is 0 Å². The molecular formula is C19H18N4O2. The van der Waals surface area contributed by atoms with Gasteiger partial charge in [0.25, 0.3) is 5.91 Å². The number of hydrogen-bond donors (Lipinski definition) is 2. The lowest BCUT2D eigenvalue weighted by Crippen LogP contribution is -2.26. The Kier molecular flexibility index (Phi) is 3.85. The first-order valence-corrected chi connectivity index (χ1v) is 8.10. The monoisotopic (exact) mass is 334 g/mol. The molecule has 0 bridgehead atoms. The molecule has 25 heavy (non-hydrogen) atoms. The summed E-state index contributed by atoms with van der Waals surface area (Å²) in [7, 11) is 1.63. The maximum atomic E-state index is 12.3. The number of H-pyrrole nitrogens is 1. The van der Waals surface area contributed by atoms with Crippen LogP contribution in [0.1, 0.15) is 16.2 Å². The van der Waals surface area contributed by atoms with E-state index in [0.29, 0.717) is 18.7 Å². The smallest absolute Gasteiger partial charge is 0.267 e. The van der Waals surface area contributed by atoms with Crippen LogP contribution in [0.25, 0.3) is 16.6 Å². The summed E-state index contributed by atoms with van der Waals surface area (Å²) in [6, 6.07) is 13.4. The number of nitrogens with one attached hydrogen (secondary N) is 2. The van der Waals surface area contributed by atoms with Gasteiger partial charge >= 0.3 is 0 Å². The minimum absolute atomic E-state index is 0.126. The molecule has 3 aromatic heterocycles. The second kappa shape index (κ2) is 6.32. The number of rotatable bonds is 5. The summed E-state index contributed by atoms with van der Waals surface area (Å²) in [5.74, 6) is 0.643. The highest BCUT2D eigenvalue weighted by molar-refractivity contribution is 5.98. The average Bonchev–Trinajstić information content (AvgIpc) is 3.24. The lowest BCUT2D eigenvalue weighted by Gasteiger charge is -2.01. The molecule has 6 heteroatoms. The highest BCUT2D eigenvalue weighted by Gasteiger charge is 2.10. The van der Waals surface area contributed by atoms with Crippen LogP contribution in [0.5, 0.6) is 5.75 Å². The number of methoxy groups -OCH3 is 1. The van der Waals surface area contributed by atoms with Crippen LogP contribution in [-0.2, 0) is 6.42 Å². The van der Waals surface area contributed by atoms with Crippen molar-refractivity contribution >= 4 is 22.5 Å². The Hall–Kier alpha value is -3.28. The fourth-order valence-corrected chi connectivity index (χ4v) is 2.87. The number of carbonyl (C=O) groups is 1. The van der Waals surface area contributed by atoms with Crippen molar-refractivity contribution in [2.75, 3.05) is 13.7 Å². The van der Waals surface area contributed by atoms with Crippen LogP contribution in [0.2, 0.25) is 0 Å². The number of aromatic nitrogens is 3. The van der Waals surface area contributed by atoms with E-state index in [2.05, 4.69) is 15.3 Å². The number of aromatic amines is 1. The topological polar surface area (TPSA) is 71.4 Å². The molecular weight excluding hydrogens is 316 g/mol. The molecule has 126 valence electrons. The molecule has 4 aromatic rings. The predicted octanol–water partition coefficient (Wildman–Crippen LogP) is 2.80. The molecule has 1 amide bonds. The summed E-state index contributed by atoms with van der Waals surface area (Å²) in [4.78, 5) is 20.0. The van der Waals surface area contributed by atoms with Gasteiger partial charge in [0.05, 0.1) is 12.8 Å². The lowest BCUT2D eigenvalue weighted by atomic mass is 10.2. The van der Waals surface area contributed by atoms with Crippen LogP contribution in [0.15, 0.2) is 54.9 Å². The fraction of sp³-hybridized carbons (Fsp3) is 0.158. The fourth-order valence-electron chi connectivity index (χ4n) is 2.87. The van der Waals surface area contributed by atoms with Gasteiger partial charge in [0.1, 0.15) is 17.1 Å². The summed E-state index contributed by atoms with van der Waals surface area (Å²) in [5, 5.41) is 3.88. The lowest BCUT2D eigenvalue weighted by molar-refractivity contribution is 0.0950. The van der Waals surface area contributed by atoms with Crippen LogP contribution in [0.3, 0.4) is 0 Å². The third-order valence-corrected chi connectivity index (χ3v) is 4.15. The van der Waals surface area contributed by atoms with E-state index in [4.69, 9.17) is 4.74 Å². The number of amides is 1. The maximum absolute atomic E-state index is 12.3. The van der Waals surface area contributed by atoms with E-state index >= 15 is 0 Å². The molecule has 0 spiro atoms. The first kappa shape index (κ1) is 15.3. The molecule has 0 radical (unpaired) electrons. The van der Waals surface area contributed by atoms with E-state index in [1.165, 1.54) is 0 Å². The first-order valence-electron chi connectivity index (χ1n) is 8.10. The normalized spacial score (nSPS) is 11.1. The SMILES string of the molecule is COc1ccc2[nH]c(C(=O)NCCc3cn4ccccc4n3)cc2c1. The molecule has 3 heterocycles. The van der Waals surface area contributed by atoms with E-state index < -0.39 is 0 Å². The van der Waals surface area contributed by atoms with Crippen molar-refractivity contribution in [3.8, 4) is 5.75 Å².